The number of carboxylic acid groups (broad SMARTS) is 1. The van der Waals surface area contributed by atoms with Crippen LogP contribution in [0, 0.1) is 6.92 Å². The molecule has 1 aliphatic carbocycles. The zero-order valence-electron chi connectivity index (χ0n) is 12.3. The summed E-state index contributed by atoms with van der Waals surface area (Å²) in [4.78, 5) is 24.7. The highest BCUT2D eigenvalue weighted by atomic mass is 16.4. The van der Waals surface area contributed by atoms with E-state index in [9.17, 15) is 9.59 Å². The minimum atomic E-state index is -0.893. The Balaban J connectivity index is 1.97. The molecule has 1 aliphatic rings. The lowest BCUT2D eigenvalue weighted by atomic mass is 10.2. The fourth-order valence-electron chi connectivity index (χ4n) is 2.14. The van der Waals surface area contributed by atoms with Crippen molar-refractivity contribution >= 4 is 17.6 Å². The Morgan fingerprint density at radius 1 is 1.24 bits per heavy atom. The van der Waals surface area contributed by atoms with Gasteiger partial charge in [0.15, 0.2) is 0 Å². The van der Waals surface area contributed by atoms with Crippen LogP contribution in [0.1, 0.15) is 31.2 Å². The van der Waals surface area contributed by atoms with Crippen molar-refractivity contribution in [2.45, 2.75) is 38.6 Å². The molecule has 2 rings (SSSR count). The number of nitrogens with zero attached hydrogens (tertiary/aromatic N) is 1. The van der Waals surface area contributed by atoms with E-state index >= 15 is 0 Å². The first-order chi connectivity index (χ1) is 10.1. The van der Waals surface area contributed by atoms with Crippen LogP contribution < -0.4 is 10.2 Å². The maximum Gasteiger partial charge on any atom is 0.305 e. The molecule has 0 saturated heterocycles. The van der Waals surface area contributed by atoms with Gasteiger partial charge in [-0.05, 0) is 31.9 Å². The van der Waals surface area contributed by atoms with E-state index in [1.807, 2.05) is 31.2 Å². The Bertz CT molecular complexity index is 495. The van der Waals surface area contributed by atoms with Crippen LogP contribution in [0.2, 0.25) is 0 Å². The Hall–Kier alpha value is -1.88. The van der Waals surface area contributed by atoms with Crippen molar-refractivity contribution < 1.29 is 14.7 Å². The van der Waals surface area contributed by atoms with E-state index in [4.69, 9.17) is 5.11 Å². The van der Waals surface area contributed by atoms with Gasteiger partial charge in [0.25, 0.3) is 0 Å². The molecule has 0 spiro atoms. The maximum absolute atomic E-state index is 12.3. The summed E-state index contributed by atoms with van der Waals surface area (Å²) in [6.07, 6.45) is 2.73. The summed E-state index contributed by atoms with van der Waals surface area (Å²) >= 11 is 0. The average molecular weight is 290 g/mol. The zero-order valence-corrected chi connectivity index (χ0v) is 12.3. The second-order valence-electron chi connectivity index (χ2n) is 5.50. The van der Waals surface area contributed by atoms with Gasteiger partial charge in [-0.1, -0.05) is 17.7 Å². The van der Waals surface area contributed by atoms with Crippen LogP contribution in [-0.2, 0) is 9.59 Å². The monoisotopic (exact) mass is 290 g/mol. The molecule has 0 bridgehead atoms. The quantitative estimate of drug-likeness (QED) is 0.767. The lowest BCUT2D eigenvalue weighted by Gasteiger charge is -2.22. The summed E-state index contributed by atoms with van der Waals surface area (Å²) in [5.74, 6) is -0.927. The summed E-state index contributed by atoms with van der Waals surface area (Å²) in [6, 6.07) is 8.16. The van der Waals surface area contributed by atoms with Crippen LogP contribution in [0.25, 0.3) is 0 Å². The lowest BCUT2D eigenvalue weighted by molar-refractivity contribution is -0.136. The molecular weight excluding hydrogens is 268 g/mol. The summed E-state index contributed by atoms with van der Waals surface area (Å²) in [6.45, 7) is 2.84. The van der Waals surface area contributed by atoms with Crippen LogP contribution in [-0.4, -0.2) is 36.1 Å². The zero-order chi connectivity index (χ0) is 15.2. The van der Waals surface area contributed by atoms with Crippen LogP contribution in [0.5, 0.6) is 0 Å². The fraction of sp³-hybridized carbons (Fsp3) is 0.500. The molecule has 21 heavy (non-hydrogen) atoms. The highest BCUT2D eigenvalue weighted by molar-refractivity contribution is 5.94. The summed E-state index contributed by atoms with van der Waals surface area (Å²) in [5.41, 5.74) is 1.87. The second-order valence-corrected chi connectivity index (χ2v) is 5.50. The highest BCUT2D eigenvalue weighted by Crippen LogP contribution is 2.19. The molecule has 0 radical (unpaired) electrons. The molecule has 5 nitrogen and oxygen atoms in total. The molecule has 114 valence electrons. The second kappa shape index (κ2) is 7.22. The largest absolute Gasteiger partial charge is 0.481 e. The summed E-state index contributed by atoms with van der Waals surface area (Å²) < 4.78 is 0. The average Bonchev–Trinajstić information content (AvgIpc) is 3.25. The summed E-state index contributed by atoms with van der Waals surface area (Å²) in [7, 11) is 0. The molecule has 0 atom stereocenters. The van der Waals surface area contributed by atoms with Gasteiger partial charge in [-0.3, -0.25) is 9.59 Å². The number of carboxylic acids is 1. The number of hydrogen-bond acceptors (Lipinski definition) is 3. The van der Waals surface area contributed by atoms with E-state index < -0.39 is 5.97 Å². The Kier molecular flexibility index (Phi) is 5.33. The maximum atomic E-state index is 12.3. The van der Waals surface area contributed by atoms with Crippen molar-refractivity contribution in [3.8, 4) is 0 Å². The molecule has 0 heterocycles. The number of benzene rings is 1. The molecule has 0 aliphatic heterocycles. The number of hydrogen-bond donors (Lipinski definition) is 2. The Morgan fingerprint density at radius 3 is 2.48 bits per heavy atom. The van der Waals surface area contributed by atoms with E-state index in [1.54, 1.807) is 4.90 Å². The third-order valence-corrected chi connectivity index (χ3v) is 3.55. The third kappa shape index (κ3) is 5.19. The van der Waals surface area contributed by atoms with Crippen molar-refractivity contribution in [2.75, 3.05) is 18.0 Å². The smallest absolute Gasteiger partial charge is 0.305 e. The minimum Gasteiger partial charge on any atom is -0.481 e. The number of carbonyl (C=O) groups excluding carboxylic acids is 1. The molecule has 1 aromatic rings. The van der Waals surface area contributed by atoms with Gasteiger partial charge >= 0.3 is 5.97 Å². The van der Waals surface area contributed by atoms with Crippen molar-refractivity contribution in [1.82, 2.24) is 5.32 Å². The minimum absolute atomic E-state index is 0.0340. The molecule has 1 amide bonds. The number of aryl methyl sites for hydroxylation is 1. The molecule has 0 unspecified atom stereocenters. The van der Waals surface area contributed by atoms with Gasteiger partial charge in [0, 0.05) is 31.2 Å². The molecular formula is C16H22N2O3. The molecule has 1 aromatic carbocycles. The van der Waals surface area contributed by atoms with Crippen LogP contribution in [0.15, 0.2) is 24.3 Å². The number of carbonyl (C=O) groups is 2. The third-order valence-electron chi connectivity index (χ3n) is 3.55. The predicted molar refractivity (Wildman–Crippen MR) is 81.4 cm³/mol. The fourth-order valence-corrected chi connectivity index (χ4v) is 2.14. The predicted octanol–water partition coefficient (Wildman–Crippen LogP) is 1.94. The van der Waals surface area contributed by atoms with E-state index in [0.29, 0.717) is 19.0 Å². The highest BCUT2D eigenvalue weighted by Gasteiger charge is 2.21. The number of anilines is 1. The Labute approximate surface area is 125 Å². The normalized spacial score (nSPS) is 14.0. The van der Waals surface area contributed by atoms with Crippen molar-refractivity contribution in [3.63, 3.8) is 0 Å². The van der Waals surface area contributed by atoms with Crippen molar-refractivity contribution in [2.24, 2.45) is 0 Å². The van der Waals surface area contributed by atoms with E-state index in [2.05, 4.69) is 5.32 Å². The molecule has 5 heteroatoms. The van der Waals surface area contributed by atoms with E-state index in [0.717, 1.165) is 11.3 Å². The van der Waals surface area contributed by atoms with Gasteiger partial charge in [-0.25, -0.2) is 0 Å². The summed E-state index contributed by atoms with van der Waals surface area (Å²) in [5, 5.41) is 12.1. The number of nitrogens with one attached hydrogen (secondary N) is 1. The SMILES string of the molecule is Cc1ccc(N(CCC(=O)O)C(=O)CCNC2CC2)cc1. The van der Waals surface area contributed by atoms with Crippen molar-refractivity contribution in [3.05, 3.63) is 29.8 Å². The van der Waals surface area contributed by atoms with Crippen LogP contribution in [0.4, 0.5) is 5.69 Å². The van der Waals surface area contributed by atoms with Crippen LogP contribution in [0.3, 0.4) is 0 Å². The molecule has 1 saturated carbocycles. The van der Waals surface area contributed by atoms with Crippen LogP contribution >= 0.6 is 0 Å². The molecule has 2 N–H and O–H groups in total. The van der Waals surface area contributed by atoms with Gasteiger partial charge in [0.2, 0.25) is 5.91 Å². The first-order valence-electron chi connectivity index (χ1n) is 7.38. The van der Waals surface area contributed by atoms with Crippen molar-refractivity contribution in [1.29, 1.82) is 0 Å². The van der Waals surface area contributed by atoms with Gasteiger partial charge in [0.1, 0.15) is 0 Å². The molecule has 0 aromatic heterocycles. The van der Waals surface area contributed by atoms with Gasteiger partial charge in [-0.15, -0.1) is 0 Å². The standard InChI is InChI=1S/C16H22N2O3/c1-12-2-6-14(7-3-12)18(11-9-16(20)21)15(19)8-10-17-13-4-5-13/h2-3,6-7,13,17H,4-5,8-11H2,1H3,(H,20,21). The first kappa shape index (κ1) is 15.5. The Morgan fingerprint density at radius 2 is 1.90 bits per heavy atom. The topological polar surface area (TPSA) is 69.6 Å². The molecule has 1 fully saturated rings. The van der Waals surface area contributed by atoms with Gasteiger partial charge in [0.05, 0.1) is 6.42 Å². The number of rotatable bonds is 8. The van der Waals surface area contributed by atoms with Gasteiger partial charge in [-0.2, -0.15) is 0 Å². The van der Waals surface area contributed by atoms with E-state index in [1.165, 1.54) is 12.8 Å². The van der Waals surface area contributed by atoms with Gasteiger partial charge < -0.3 is 15.3 Å². The number of aliphatic carboxylic acids is 1. The first-order valence-corrected chi connectivity index (χ1v) is 7.38. The lowest BCUT2D eigenvalue weighted by Crippen LogP contribution is -2.35. The number of amides is 1. The van der Waals surface area contributed by atoms with E-state index in [-0.39, 0.29) is 18.9 Å².